The number of hydrogen-bond donors (Lipinski definition) is 2. The summed E-state index contributed by atoms with van der Waals surface area (Å²) in [4.78, 5) is 32.7. The topological polar surface area (TPSA) is 93.2 Å². The molecule has 0 bridgehead atoms. The minimum Gasteiger partial charge on any atom is -0.444 e. The molecule has 0 saturated heterocycles. The van der Waals surface area contributed by atoms with Crippen LogP contribution in [0.2, 0.25) is 0 Å². The highest BCUT2D eigenvalue weighted by Gasteiger charge is 2.41. The van der Waals surface area contributed by atoms with Gasteiger partial charge < -0.3 is 15.4 Å². The van der Waals surface area contributed by atoms with Gasteiger partial charge in [-0.25, -0.2) is 14.8 Å². The lowest BCUT2D eigenvalue weighted by molar-refractivity contribution is -0.122. The highest BCUT2D eigenvalue weighted by Crippen LogP contribution is 2.31. The molecule has 7 nitrogen and oxygen atoms in total. The third-order valence-corrected chi connectivity index (χ3v) is 3.50. The molecule has 140 valence electrons. The first-order valence-electron chi connectivity index (χ1n) is 7.38. The molecular weight excluding hydrogens is 435 g/mol. The van der Waals surface area contributed by atoms with E-state index in [1.54, 1.807) is 20.8 Å². The first-order chi connectivity index (χ1) is 11.2. The molecule has 1 heterocycles. The normalized spacial score (nSPS) is 14.4. The van der Waals surface area contributed by atoms with Gasteiger partial charge in [0.15, 0.2) is 4.73 Å². The Hall–Kier alpha value is -1.12. The van der Waals surface area contributed by atoms with Gasteiger partial charge in [0.25, 0.3) is 0 Å². The average molecular weight is 456 g/mol. The number of carbonyl (C=O) groups is 2. The van der Waals surface area contributed by atoms with Crippen molar-refractivity contribution in [1.82, 2.24) is 15.3 Å². The number of rotatable bonds is 5. The maximum Gasteiger partial charge on any atom is 0.408 e. The summed E-state index contributed by atoms with van der Waals surface area (Å²) in [6, 6.07) is 0. The number of anilines is 1. The molecule has 0 spiro atoms. The third kappa shape index (κ3) is 8.20. The first kappa shape index (κ1) is 21.9. The van der Waals surface area contributed by atoms with E-state index < -0.39 is 27.5 Å². The fourth-order valence-electron chi connectivity index (χ4n) is 1.98. The van der Waals surface area contributed by atoms with Gasteiger partial charge in [-0.2, -0.15) is 0 Å². The number of halogens is 3. The monoisotopic (exact) mass is 454 g/mol. The van der Waals surface area contributed by atoms with Crippen molar-refractivity contribution in [2.75, 3.05) is 5.32 Å². The van der Waals surface area contributed by atoms with E-state index in [-0.39, 0.29) is 6.42 Å². The van der Waals surface area contributed by atoms with Crippen LogP contribution in [0, 0.1) is 0 Å². The van der Waals surface area contributed by atoms with E-state index >= 15 is 0 Å². The molecule has 0 unspecified atom stereocenters. The van der Waals surface area contributed by atoms with E-state index in [0.29, 0.717) is 10.4 Å². The lowest BCUT2D eigenvalue weighted by atomic mass is 9.94. The van der Waals surface area contributed by atoms with Crippen LogP contribution in [0.1, 0.15) is 41.0 Å². The molecule has 2 amide bonds. The highest BCUT2D eigenvalue weighted by atomic mass is 79.9. The first-order valence-corrected chi connectivity index (χ1v) is 8.93. The summed E-state index contributed by atoms with van der Waals surface area (Å²) in [5.74, 6) is -0.531. The van der Waals surface area contributed by atoms with E-state index in [4.69, 9.17) is 27.9 Å². The fourth-order valence-corrected chi connectivity index (χ4v) is 2.72. The largest absolute Gasteiger partial charge is 0.444 e. The predicted octanol–water partition coefficient (Wildman–Crippen LogP) is 4.04. The molecule has 0 radical (unpaired) electrons. The van der Waals surface area contributed by atoms with E-state index in [1.807, 2.05) is 0 Å². The lowest BCUT2D eigenvalue weighted by Crippen LogP contribution is -2.57. The van der Waals surface area contributed by atoms with Crippen LogP contribution in [0.5, 0.6) is 0 Å². The van der Waals surface area contributed by atoms with Gasteiger partial charge in [-0.05, 0) is 50.5 Å². The number of alkyl halides is 2. The van der Waals surface area contributed by atoms with Crippen molar-refractivity contribution in [1.29, 1.82) is 0 Å². The molecule has 1 aromatic rings. The summed E-state index contributed by atoms with van der Waals surface area (Å²) in [6.45, 7) is 8.19. The smallest absolute Gasteiger partial charge is 0.408 e. The van der Waals surface area contributed by atoms with Gasteiger partial charge in [-0.1, -0.05) is 0 Å². The Labute approximate surface area is 165 Å². The standard InChI is InChI=1S/C15H21BrCl2N4O3/c1-13(2,3)25-12(24)22-14(4,8-15(5,17)18)10(23)21-9-6-19-11(16)20-7-9/h6-7H,8H2,1-5H3,(H,21,23)(H,22,24)/t14-/m0/s1. The summed E-state index contributed by atoms with van der Waals surface area (Å²) in [6.07, 6.45) is 2.04. The predicted molar refractivity (Wildman–Crippen MR) is 101 cm³/mol. The molecule has 25 heavy (non-hydrogen) atoms. The Morgan fingerprint density at radius 1 is 1.16 bits per heavy atom. The molecule has 1 rings (SSSR count). The zero-order valence-electron chi connectivity index (χ0n) is 14.6. The number of nitrogens with one attached hydrogen (secondary N) is 2. The number of carbonyl (C=O) groups excluding carboxylic acids is 2. The van der Waals surface area contributed by atoms with Crippen LogP contribution >= 0.6 is 39.1 Å². The molecule has 1 aromatic heterocycles. The number of nitrogens with zero attached hydrogens (tertiary/aromatic N) is 2. The van der Waals surface area contributed by atoms with Crippen LogP contribution in [0.4, 0.5) is 10.5 Å². The number of alkyl carbamates (subject to hydrolysis) is 1. The summed E-state index contributed by atoms with van der Waals surface area (Å²) in [5, 5.41) is 5.17. The Morgan fingerprint density at radius 2 is 1.68 bits per heavy atom. The van der Waals surface area contributed by atoms with Crippen molar-refractivity contribution < 1.29 is 14.3 Å². The zero-order chi connectivity index (χ0) is 19.5. The Morgan fingerprint density at radius 3 is 2.12 bits per heavy atom. The summed E-state index contributed by atoms with van der Waals surface area (Å²) in [7, 11) is 0. The van der Waals surface area contributed by atoms with Crippen LogP contribution in [0.25, 0.3) is 0 Å². The van der Waals surface area contributed by atoms with Crippen LogP contribution in [0.3, 0.4) is 0 Å². The lowest BCUT2D eigenvalue weighted by Gasteiger charge is -2.33. The van der Waals surface area contributed by atoms with Gasteiger partial charge in [-0.15, -0.1) is 23.2 Å². The molecule has 10 heteroatoms. The van der Waals surface area contributed by atoms with E-state index in [2.05, 4.69) is 36.5 Å². The third-order valence-electron chi connectivity index (χ3n) is 2.82. The SMILES string of the molecule is CC(Cl)(Cl)C[C@](C)(NC(=O)OC(C)(C)C)C(=O)Nc1cnc(Br)nc1. The Kier molecular flexibility index (Phi) is 7.06. The minimum atomic E-state index is -1.42. The van der Waals surface area contributed by atoms with Crippen LogP contribution in [0.15, 0.2) is 17.1 Å². The van der Waals surface area contributed by atoms with Gasteiger partial charge in [-0.3, -0.25) is 4.79 Å². The van der Waals surface area contributed by atoms with Crippen molar-refractivity contribution >= 4 is 56.8 Å². The van der Waals surface area contributed by atoms with Gasteiger partial charge in [0.05, 0.1) is 18.1 Å². The minimum absolute atomic E-state index is 0.0500. The number of hydrogen-bond acceptors (Lipinski definition) is 5. The zero-order valence-corrected chi connectivity index (χ0v) is 17.7. The number of aromatic nitrogens is 2. The maximum atomic E-state index is 12.7. The highest BCUT2D eigenvalue weighted by molar-refractivity contribution is 9.10. The van der Waals surface area contributed by atoms with Crippen LogP contribution < -0.4 is 10.6 Å². The van der Waals surface area contributed by atoms with Gasteiger partial charge in [0, 0.05) is 6.42 Å². The van der Waals surface area contributed by atoms with E-state index in [0.717, 1.165) is 0 Å². The Bertz CT molecular complexity index is 629. The second kappa shape index (κ2) is 8.05. The van der Waals surface area contributed by atoms with Gasteiger partial charge >= 0.3 is 6.09 Å². The van der Waals surface area contributed by atoms with E-state index in [1.165, 1.54) is 26.2 Å². The van der Waals surface area contributed by atoms with Crippen LogP contribution in [-0.2, 0) is 9.53 Å². The molecule has 1 atom stereocenters. The molecular formula is C15H21BrCl2N4O3. The molecule has 0 aliphatic rings. The summed E-state index contributed by atoms with van der Waals surface area (Å²) < 4.78 is 4.35. The molecule has 0 aliphatic carbocycles. The second-order valence-electron chi connectivity index (χ2n) is 6.90. The van der Waals surface area contributed by atoms with Crippen molar-refractivity contribution in [3.8, 4) is 0 Å². The van der Waals surface area contributed by atoms with Crippen molar-refractivity contribution in [2.24, 2.45) is 0 Å². The number of amides is 2. The van der Waals surface area contributed by atoms with Crippen molar-refractivity contribution in [3.63, 3.8) is 0 Å². The fraction of sp³-hybridized carbons (Fsp3) is 0.600. The Balaban J connectivity index is 2.98. The number of ether oxygens (including phenoxy) is 1. The second-order valence-corrected chi connectivity index (χ2v) is 9.47. The molecule has 2 N–H and O–H groups in total. The van der Waals surface area contributed by atoms with Gasteiger partial charge in [0.2, 0.25) is 5.91 Å². The molecule has 0 aromatic carbocycles. The summed E-state index contributed by atoms with van der Waals surface area (Å²) in [5.41, 5.74) is -1.78. The molecule has 0 aliphatic heterocycles. The maximum absolute atomic E-state index is 12.7. The molecule has 0 fully saturated rings. The van der Waals surface area contributed by atoms with Gasteiger partial charge in [0.1, 0.15) is 15.5 Å². The quantitative estimate of drug-likeness (QED) is 0.516. The van der Waals surface area contributed by atoms with Crippen molar-refractivity contribution in [3.05, 3.63) is 17.1 Å². The van der Waals surface area contributed by atoms with Crippen LogP contribution in [-0.4, -0.2) is 37.4 Å². The average Bonchev–Trinajstić information content (AvgIpc) is 2.36. The molecule has 0 saturated carbocycles. The van der Waals surface area contributed by atoms with E-state index in [9.17, 15) is 9.59 Å². The van der Waals surface area contributed by atoms with Crippen molar-refractivity contribution in [2.45, 2.75) is 56.5 Å². The summed E-state index contributed by atoms with van der Waals surface area (Å²) >= 11 is 15.2.